The maximum atomic E-state index is 11.7. The first kappa shape index (κ1) is 15.6. The molecule has 1 heterocycles. The molecule has 116 valence electrons. The van der Waals surface area contributed by atoms with Gasteiger partial charge in [0.15, 0.2) is 0 Å². The summed E-state index contributed by atoms with van der Waals surface area (Å²) in [6.07, 6.45) is 5.99. The Hall–Kier alpha value is -0.770. The summed E-state index contributed by atoms with van der Waals surface area (Å²) in [5.74, 6) is 1.60. The molecule has 2 rings (SSSR count). The number of hydrogen-bond donors (Lipinski definition) is 1. The van der Waals surface area contributed by atoms with E-state index >= 15 is 0 Å². The Kier molecular flexibility index (Phi) is 5.70. The van der Waals surface area contributed by atoms with Gasteiger partial charge in [0.1, 0.15) is 0 Å². The van der Waals surface area contributed by atoms with Gasteiger partial charge >= 0.3 is 6.09 Å². The lowest BCUT2D eigenvalue weighted by Gasteiger charge is -2.39. The van der Waals surface area contributed by atoms with Gasteiger partial charge in [0.25, 0.3) is 0 Å². The molecule has 2 fully saturated rings. The monoisotopic (exact) mass is 282 g/mol. The quantitative estimate of drug-likeness (QED) is 0.865. The number of carbonyl (C=O) groups is 1. The van der Waals surface area contributed by atoms with Crippen molar-refractivity contribution >= 4 is 6.09 Å². The highest BCUT2D eigenvalue weighted by Crippen LogP contribution is 2.30. The largest absolute Gasteiger partial charge is 0.450 e. The number of nitrogens with zero attached hydrogens (tertiary/aromatic N) is 1. The Morgan fingerprint density at radius 2 is 1.90 bits per heavy atom. The fourth-order valence-electron chi connectivity index (χ4n) is 3.56. The maximum absolute atomic E-state index is 11.7. The standard InChI is InChI=1S/C16H30N2O2/c1-4-20-16(19)18-10-8-14(9-11-18)17-15-7-5-6-12(2)13(15)3/h12-15,17H,4-11H2,1-3H3/t12-,13+,15-/m1/s1. The van der Waals surface area contributed by atoms with Gasteiger partial charge in [-0.05, 0) is 38.0 Å². The smallest absolute Gasteiger partial charge is 0.409 e. The third-order valence-electron chi connectivity index (χ3n) is 5.18. The van der Waals surface area contributed by atoms with Crippen molar-refractivity contribution in [2.75, 3.05) is 19.7 Å². The highest BCUT2D eigenvalue weighted by atomic mass is 16.6. The van der Waals surface area contributed by atoms with Crippen molar-refractivity contribution in [3.63, 3.8) is 0 Å². The predicted molar refractivity (Wildman–Crippen MR) is 80.7 cm³/mol. The normalized spacial score (nSPS) is 32.1. The van der Waals surface area contributed by atoms with E-state index in [0.29, 0.717) is 18.7 Å². The Morgan fingerprint density at radius 3 is 2.55 bits per heavy atom. The number of rotatable bonds is 3. The van der Waals surface area contributed by atoms with Crippen LogP contribution in [-0.2, 0) is 4.74 Å². The predicted octanol–water partition coefficient (Wildman–Crippen LogP) is 3.02. The highest BCUT2D eigenvalue weighted by Gasteiger charge is 2.30. The maximum Gasteiger partial charge on any atom is 0.409 e. The van der Waals surface area contributed by atoms with Crippen LogP contribution in [0.15, 0.2) is 0 Å². The molecule has 0 radical (unpaired) electrons. The van der Waals surface area contributed by atoms with Crippen LogP contribution < -0.4 is 5.32 Å². The topological polar surface area (TPSA) is 41.6 Å². The van der Waals surface area contributed by atoms with Gasteiger partial charge in [-0.2, -0.15) is 0 Å². The van der Waals surface area contributed by atoms with Crippen molar-refractivity contribution < 1.29 is 9.53 Å². The molecule has 0 spiro atoms. The van der Waals surface area contributed by atoms with Crippen LogP contribution in [0.4, 0.5) is 4.79 Å². The molecule has 4 heteroatoms. The van der Waals surface area contributed by atoms with Crippen LogP contribution >= 0.6 is 0 Å². The number of amides is 1. The minimum atomic E-state index is -0.148. The summed E-state index contributed by atoms with van der Waals surface area (Å²) in [5.41, 5.74) is 0. The molecule has 3 atom stereocenters. The van der Waals surface area contributed by atoms with Crippen LogP contribution in [-0.4, -0.2) is 42.8 Å². The van der Waals surface area contributed by atoms with Gasteiger partial charge in [-0.3, -0.25) is 0 Å². The fourth-order valence-corrected chi connectivity index (χ4v) is 3.56. The van der Waals surface area contributed by atoms with Gasteiger partial charge in [0.05, 0.1) is 6.61 Å². The SMILES string of the molecule is CCOC(=O)N1CCC(N[C@@H]2CCC[C@@H](C)[C@@H]2C)CC1. The summed E-state index contributed by atoms with van der Waals surface area (Å²) in [5, 5.41) is 3.85. The Balaban J connectivity index is 1.75. The molecule has 0 aromatic heterocycles. The van der Waals surface area contributed by atoms with Crippen LogP contribution in [0.2, 0.25) is 0 Å². The molecule has 1 aliphatic carbocycles. The number of likely N-dealkylation sites (tertiary alicyclic amines) is 1. The van der Waals surface area contributed by atoms with E-state index < -0.39 is 0 Å². The fraction of sp³-hybridized carbons (Fsp3) is 0.938. The van der Waals surface area contributed by atoms with Gasteiger partial charge in [-0.25, -0.2) is 4.79 Å². The lowest BCUT2D eigenvalue weighted by atomic mass is 9.77. The first-order chi connectivity index (χ1) is 9.61. The van der Waals surface area contributed by atoms with Crippen LogP contribution in [0.5, 0.6) is 0 Å². The summed E-state index contributed by atoms with van der Waals surface area (Å²) in [6.45, 7) is 8.74. The van der Waals surface area contributed by atoms with Crippen LogP contribution in [0.1, 0.15) is 52.9 Å². The Labute approximate surface area is 123 Å². The zero-order valence-corrected chi connectivity index (χ0v) is 13.2. The third-order valence-corrected chi connectivity index (χ3v) is 5.18. The molecular weight excluding hydrogens is 252 g/mol. The van der Waals surface area contributed by atoms with E-state index in [1.807, 2.05) is 11.8 Å². The zero-order chi connectivity index (χ0) is 14.5. The van der Waals surface area contributed by atoms with Crippen LogP contribution in [0.3, 0.4) is 0 Å². The summed E-state index contributed by atoms with van der Waals surface area (Å²) >= 11 is 0. The van der Waals surface area contributed by atoms with E-state index in [0.717, 1.165) is 37.8 Å². The van der Waals surface area contributed by atoms with Gasteiger partial charge in [-0.1, -0.05) is 26.7 Å². The Morgan fingerprint density at radius 1 is 1.20 bits per heavy atom. The van der Waals surface area contributed by atoms with Crippen LogP contribution in [0.25, 0.3) is 0 Å². The number of piperidine rings is 1. The van der Waals surface area contributed by atoms with Gasteiger partial charge < -0.3 is 15.0 Å². The van der Waals surface area contributed by atoms with Crippen molar-refractivity contribution in [1.82, 2.24) is 10.2 Å². The molecule has 0 unspecified atom stereocenters. The summed E-state index contributed by atoms with van der Waals surface area (Å²) < 4.78 is 5.06. The van der Waals surface area contributed by atoms with E-state index in [1.165, 1.54) is 19.3 Å². The molecule has 1 N–H and O–H groups in total. The third kappa shape index (κ3) is 3.87. The second kappa shape index (κ2) is 7.30. The average molecular weight is 282 g/mol. The molecule has 4 nitrogen and oxygen atoms in total. The summed E-state index contributed by atoms with van der Waals surface area (Å²) in [6, 6.07) is 1.23. The molecule has 1 aliphatic heterocycles. The highest BCUT2D eigenvalue weighted by molar-refractivity contribution is 5.67. The molecule has 20 heavy (non-hydrogen) atoms. The second-order valence-corrected chi connectivity index (χ2v) is 6.50. The minimum Gasteiger partial charge on any atom is -0.450 e. The average Bonchev–Trinajstić information content (AvgIpc) is 2.45. The molecule has 0 aromatic carbocycles. The number of ether oxygens (including phenoxy) is 1. The number of nitrogens with one attached hydrogen (secondary N) is 1. The van der Waals surface area contributed by atoms with E-state index in [4.69, 9.17) is 4.74 Å². The Bertz CT molecular complexity index is 314. The summed E-state index contributed by atoms with van der Waals surface area (Å²) in [4.78, 5) is 13.5. The van der Waals surface area contributed by atoms with Crippen molar-refractivity contribution in [2.24, 2.45) is 11.8 Å². The van der Waals surface area contributed by atoms with Crippen LogP contribution in [0, 0.1) is 11.8 Å². The first-order valence-corrected chi connectivity index (χ1v) is 8.29. The number of hydrogen-bond acceptors (Lipinski definition) is 3. The van der Waals surface area contributed by atoms with Gasteiger partial charge in [0.2, 0.25) is 0 Å². The van der Waals surface area contributed by atoms with Crippen molar-refractivity contribution in [3.05, 3.63) is 0 Å². The first-order valence-electron chi connectivity index (χ1n) is 8.29. The van der Waals surface area contributed by atoms with Gasteiger partial charge in [0, 0.05) is 25.2 Å². The molecule has 1 amide bonds. The van der Waals surface area contributed by atoms with Crippen molar-refractivity contribution in [3.8, 4) is 0 Å². The van der Waals surface area contributed by atoms with Crippen molar-refractivity contribution in [1.29, 1.82) is 0 Å². The second-order valence-electron chi connectivity index (χ2n) is 6.50. The lowest BCUT2D eigenvalue weighted by Crippen LogP contribution is -2.51. The summed E-state index contributed by atoms with van der Waals surface area (Å²) in [7, 11) is 0. The lowest BCUT2D eigenvalue weighted by molar-refractivity contribution is 0.0910. The van der Waals surface area contributed by atoms with E-state index in [2.05, 4.69) is 19.2 Å². The molecular formula is C16H30N2O2. The zero-order valence-electron chi connectivity index (χ0n) is 13.2. The molecule has 1 saturated heterocycles. The number of carbonyl (C=O) groups excluding carboxylic acids is 1. The van der Waals surface area contributed by atoms with E-state index in [-0.39, 0.29) is 6.09 Å². The molecule has 0 aromatic rings. The van der Waals surface area contributed by atoms with Gasteiger partial charge in [-0.15, -0.1) is 0 Å². The molecule has 1 saturated carbocycles. The van der Waals surface area contributed by atoms with E-state index in [1.54, 1.807) is 0 Å². The van der Waals surface area contributed by atoms with E-state index in [9.17, 15) is 4.79 Å². The van der Waals surface area contributed by atoms with Crippen molar-refractivity contribution in [2.45, 2.75) is 65.0 Å². The molecule has 2 aliphatic rings. The molecule has 0 bridgehead atoms. The minimum absolute atomic E-state index is 0.148.